The summed E-state index contributed by atoms with van der Waals surface area (Å²) < 4.78 is 11.3. The van der Waals surface area contributed by atoms with Gasteiger partial charge in [0, 0.05) is 11.9 Å². The summed E-state index contributed by atoms with van der Waals surface area (Å²) in [6.07, 6.45) is 0. The molecule has 0 amide bonds. The molecule has 2 aromatic rings. The van der Waals surface area contributed by atoms with E-state index in [2.05, 4.69) is 30.4 Å². The molecule has 0 aromatic heterocycles. The van der Waals surface area contributed by atoms with Crippen LogP contribution in [0.4, 0.5) is 0 Å². The molecular weight excluding hydrogens is 238 g/mol. The van der Waals surface area contributed by atoms with Gasteiger partial charge in [-0.15, -0.1) is 0 Å². The molecule has 0 radical (unpaired) electrons. The molecule has 3 heteroatoms. The number of fused-ring (bicyclic) bond motifs is 1. The highest BCUT2D eigenvalue weighted by Crippen LogP contribution is 2.24. The first-order valence-corrected chi connectivity index (χ1v) is 6.81. The van der Waals surface area contributed by atoms with Crippen molar-refractivity contribution < 1.29 is 9.47 Å². The van der Waals surface area contributed by atoms with Crippen LogP contribution in [0.2, 0.25) is 0 Å². The molecule has 2 rings (SSSR count). The molecule has 0 heterocycles. The summed E-state index contributed by atoms with van der Waals surface area (Å²) in [5.74, 6) is 0.924. The molecule has 0 aliphatic rings. The predicted octanol–water partition coefficient (Wildman–Crippen LogP) is 2.84. The third-order valence-corrected chi connectivity index (χ3v) is 2.91. The van der Waals surface area contributed by atoms with Gasteiger partial charge in [0.25, 0.3) is 0 Å². The minimum Gasteiger partial charge on any atom is -0.491 e. The van der Waals surface area contributed by atoms with Crippen molar-refractivity contribution in [2.45, 2.75) is 6.92 Å². The zero-order chi connectivity index (χ0) is 13.3. The van der Waals surface area contributed by atoms with Crippen LogP contribution in [-0.4, -0.2) is 32.9 Å². The molecule has 0 aliphatic carbocycles. The summed E-state index contributed by atoms with van der Waals surface area (Å²) in [6, 6.07) is 14.4. The van der Waals surface area contributed by atoms with E-state index < -0.39 is 0 Å². The molecule has 2 aromatic carbocycles. The van der Waals surface area contributed by atoms with E-state index in [9.17, 15) is 0 Å². The smallest absolute Gasteiger partial charge is 0.127 e. The molecule has 0 saturated heterocycles. The van der Waals surface area contributed by atoms with Gasteiger partial charge in [-0.1, -0.05) is 43.3 Å². The van der Waals surface area contributed by atoms with E-state index in [1.807, 2.05) is 24.3 Å². The van der Waals surface area contributed by atoms with Gasteiger partial charge < -0.3 is 14.8 Å². The van der Waals surface area contributed by atoms with Crippen molar-refractivity contribution >= 4 is 10.8 Å². The summed E-state index contributed by atoms with van der Waals surface area (Å²) in [5, 5.41) is 5.57. The molecule has 19 heavy (non-hydrogen) atoms. The van der Waals surface area contributed by atoms with Crippen LogP contribution >= 0.6 is 0 Å². The van der Waals surface area contributed by atoms with E-state index in [1.54, 1.807) is 0 Å². The van der Waals surface area contributed by atoms with Crippen molar-refractivity contribution in [2.75, 3.05) is 32.9 Å². The fraction of sp³-hybridized carbons (Fsp3) is 0.375. The van der Waals surface area contributed by atoms with Gasteiger partial charge >= 0.3 is 0 Å². The summed E-state index contributed by atoms with van der Waals surface area (Å²) >= 11 is 0. The summed E-state index contributed by atoms with van der Waals surface area (Å²) in [7, 11) is 0. The molecule has 0 atom stereocenters. The third kappa shape index (κ3) is 4.23. The van der Waals surface area contributed by atoms with E-state index in [-0.39, 0.29) is 0 Å². The molecule has 1 N–H and O–H groups in total. The number of ether oxygens (including phenoxy) is 2. The first-order valence-electron chi connectivity index (χ1n) is 6.81. The van der Waals surface area contributed by atoms with Gasteiger partial charge in [0.05, 0.1) is 13.2 Å². The summed E-state index contributed by atoms with van der Waals surface area (Å²) in [4.78, 5) is 0. The highest BCUT2D eigenvalue weighted by Gasteiger charge is 2.00. The predicted molar refractivity (Wildman–Crippen MR) is 78.8 cm³/mol. The molecular formula is C16H21NO2. The third-order valence-electron chi connectivity index (χ3n) is 2.91. The van der Waals surface area contributed by atoms with Crippen LogP contribution in [0.15, 0.2) is 42.5 Å². The van der Waals surface area contributed by atoms with E-state index in [1.165, 1.54) is 5.39 Å². The second kappa shape index (κ2) is 7.77. The Morgan fingerprint density at radius 3 is 2.68 bits per heavy atom. The molecule has 102 valence electrons. The number of likely N-dealkylation sites (N-methyl/N-ethyl adjacent to an activating group) is 1. The first kappa shape index (κ1) is 13.8. The van der Waals surface area contributed by atoms with E-state index >= 15 is 0 Å². The maximum Gasteiger partial charge on any atom is 0.127 e. The zero-order valence-electron chi connectivity index (χ0n) is 11.4. The highest BCUT2D eigenvalue weighted by atomic mass is 16.5. The molecule has 0 saturated carbocycles. The first-order chi connectivity index (χ1) is 9.42. The fourth-order valence-electron chi connectivity index (χ4n) is 1.96. The Balaban J connectivity index is 1.78. The summed E-state index contributed by atoms with van der Waals surface area (Å²) in [5.41, 5.74) is 0. The van der Waals surface area contributed by atoms with Gasteiger partial charge in [0.2, 0.25) is 0 Å². The van der Waals surface area contributed by atoms with E-state index in [0.717, 1.165) is 30.8 Å². The number of benzene rings is 2. The van der Waals surface area contributed by atoms with Gasteiger partial charge in [-0.2, -0.15) is 0 Å². The van der Waals surface area contributed by atoms with Crippen LogP contribution in [0.3, 0.4) is 0 Å². The molecule has 0 bridgehead atoms. The Bertz CT molecular complexity index is 494. The maximum atomic E-state index is 5.78. The average molecular weight is 259 g/mol. The van der Waals surface area contributed by atoms with Crippen LogP contribution in [0.1, 0.15) is 6.92 Å². The lowest BCUT2D eigenvalue weighted by molar-refractivity contribution is 0.102. The minimum absolute atomic E-state index is 0.583. The van der Waals surface area contributed by atoms with Crippen LogP contribution in [0.25, 0.3) is 10.8 Å². The number of rotatable bonds is 8. The van der Waals surface area contributed by atoms with Crippen molar-refractivity contribution in [2.24, 2.45) is 0 Å². The molecule has 0 unspecified atom stereocenters. The highest BCUT2D eigenvalue weighted by molar-refractivity contribution is 5.88. The van der Waals surface area contributed by atoms with Gasteiger partial charge in [0.1, 0.15) is 12.4 Å². The Morgan fingerprint density at radius 1 is 0.947 bits per heavy atom. The lowest BCUT2D eigenvalue weighted by Gasteiger charge is -2.09. The summed E-state index contributed by atoms with van der Waals surface area (Å²) in [6.45, 7) is 5.89. The van der Waals surface area contributed by atoms with Crippen molar-refractivity contribution in [1.29, 1.82) is 0 Å². The number of hydrogen-bond acceptors (Lipinski definition) is 3. The second-order valence-electron chi connectivity index (χ2n) is 4.29. The van der Waals surface area contributed by atoms with Gasteiger partial charge in [-0.25, -0.2) is 0 Å². The monoisotopic (exact) mass is 259 g/mol. The van der Waals surface area contributed by atoms with Gasteiger partial charge in [0.15, 0.2) is 0 Å². The maximum absolute atomic E-state index is 5.78. The van der Waals surface area contributed by atoms with E-state index in [0.29, 0.717) is 13.2 Å². The van der Waals surface area contributed by atoms with Gasteiger partial charge in [-0.05, 0) is 18.0 Å². The molecule has 3 nitrogen and oxygen atoms in total. The van der Waals surface area contributed by atoms with Crippen molar-refractivity contribution in [1.82, 2.24) is 5.32 Å². The van der Waals surface area contributed by atoms with Crippen molar-refractivity contribution in [3.63, 3.8) is 0 Å². The Morgan fingerprint density at radius 2 is 1.79 bits per heavy atom. The van der Waals surface area contributed by atoms with Crippen molar-refractivity contribution in [3.8, 4) is 5.75 Å². The normalized spacial score (nSPS) is 10.8. The lowest BCUT2D eigenvalue weighted by atomic mass is 10.1. The van der Waals surface area contributed by atoms with Crippen LogP contribution in [0, 0.1) is 0 Å². The Hall–Kier alpha value is -1.58. The fourth-order valence-corrected chi connectivity index (χ4v) is 1.96. The Kier molecular flexibility index (Phi) is 5.66. The van der Waals surface area contributed by atoms with Crippen LogP contribution in [0.5, 0.6) is 5.75 Å². The van der Waals surface area contributed by atoms with Crippen molar-refractivity contribution in [3.05, 3.63) is 42.5 Å². The standard InChI is InChI=1S/C16H21NO2/c1-2-17-10-11-18-12-13-19-16-9-5-7-14-6-3-4-8-15(14)16/h3-9,17H,2,10-13H2,1H3. The molecule has 0 fully saturated rings. The topological polar surface area (TPSA) is 30.5 Å². The SMILES string of the molecule is CCNCCOCCOc1cccc2ccccc12. The van der Waals surface area contributed by atoms with Crippen LogP contribution < -0.4 is 10.1 Å². The molecule has 0 spiro atoms. The second-order valence-corrected chi connectivity index (χ2v) is 4.29. The number of hydrogen-bond donors (Lipinski definition) is 1. The minimum atomic E-state index is 0.583. The lowest BCUT2D eigenvalue weighted by Crippen LogP contribution is -2.20. The quantitative estimate of drug-likeness (QED) is 0.739. The average Bonchev–Trinajstić information content (AvgIpc) is 2.46. The van der Waals surface area contributed by atoms with E-state index in [4.69, 9.17) is 9.47 Å². The van der Waals surface area contributed by atoms with Crippen LogP contribution in [-0.2, 0) is 4.74 Å². The van der Waals surface area contributed by atoms with Gasteiger partial charge in [-0.3, -0.25) is 0 Å². The molecule has 0 aliphatic heterocycles. The Labute approximate surface area is 114 Å². The largest absolute Gasteiger partial charge is 0.491 e. The zero-order valence-corrected chi connectivity index (χ0v) is 11.4. The number of nitrogens with one attached hydrogen (secondary N) is 1.